The molecule has 8 heteroatoms. The van der Waals surface area contributed by atoms with E-state index in [2.05, 4.69) is 28.5 Å². The van der Waals surface area contributed by atoms with Gasteiger partial charge in [0.1, 0.15) is 11.6 Å². The van der Waals surface area contributed by atoms with Gasteiger partial charge >= 0.3 is 0 Å². The van der Waals surface area contributed by atoms with Crippen LogP contribution < -0.4 is 10.6 Å². The number of amides is 3. The second-order valence-corrected chi connectivity index (χ2v) is 13.0. The van der Waals surface area contributed by atoms with Crippen LogP contribution in [0.4, 0.5) is 5.69 Å². The maximum Gasteiger partial charge on any atom is 0.246 e. The molecular formula is C33H46N4O4. The molecule has 6 atom stereocenters. The highest BCUT2D eigenvalue weighted by Crippen LogP contribution is 2.55. The van der Waals surface area contributed by atoms with Crippen LogP contribution in [0.25, 0.3) is 0 Å². The molecule has 3 saturated heterocycles. The largest absolute Gasteiger partial charge is 0.359 e. The first-order valence-corrected chi connectivity index (χ1v) is 15.9. The monoisotopic (exact) mass is 562 g/mol. The number of benzene rings is 1. The van der Waals surface area contributed by atoms with Crippen molar-refractivity contribution in [2.75, 3.05) is 25.0 Å². The van der Waals surface area contributed by atoms with E-state index in [4.69, 9.17) is 4.74 Å². The van der Waals surface area contributed by atoms with E-state index < -0.39 is 29.6 Å². The Morgan fingerprint density at radius 1 is 0.976 bits per heavy atom. The topological polar surface area (TPSA) is 91.0 Å². The Hall–Kier alpha value is -2.71. The fourth-order valence-corrected chi connectivity index (χ4v) is 8.36. The number of nitrogens with one attached hydrogen (secondary N) is 2. The number of hydrogen-bond donors (Lipinski definition) is 2. The number of rotatable bonds is 8. The number of ether oxygens (including phenoxy) is 1. The number of hydrogen-bond acceptors (Lipinski definition) is 5. The zero-order chi connectivity index (χ0) is 28.7. The molecule has 8 nitrogen and oxygen atoms in total. The first kappa shape index (κ1) is 28.4. The molecule has 222 valence electrons. The molecule has 1 spiro atoms. The number of fused-ring (bicyclic) bond motifs is 1. The molecule has 0 radical (unpaired) electrons. The highest BCUT2D eigenvalue weighted by molar-refractivity contribution is 6.02. The summed E-state index contributed by atoms with van der Waals surface area (Å²) in [6.07, 6.45) is 13.3. The summed E-state index contributed by atoms with van der Waals surface area (Å²) < 4.78 is 6.55. The van der Waals surface area contributed by atoms with E-state index in [9.17, 15) is 14.4 Å². The molecule has 41 heavy (non-hydrogen) atoms. The summed E-state index contributed by atoms with van der Waals surface area (Å²) >= 11 is 0. The van der Waals surface area contributed by atoms with Gasteiger partial charge in [0, 0.05) is 30.9 Å². The van der Waals surface area contributed by atoms with Crippen LogP contribution in [0.2, 0.25) is 0 Å². The van der Waals surface area contributed by atoms with Gasteiger partial charge in [0.05, 0.1) is 17.9 Å². The molecule has 4 fully saturated rings. The Morgan fingerprint density at radius 2 is 1.71 bits per heavy atom. The van der Waals surface area contributed by atoms with Crippen LogP contribution in [-0.4, -0.2) is 77.0 Å². The van der Waals surface area contributed by atoms with Crippen LogP contribution in [0.3, 0.4) is 0 Å². The van der Waals surface area contributed by atoms with E-state index in [-0.39, 0.29) is 23.8 Å². The summed E-state index contributed by atoms with van der Waals surface area (Å²) in [6.45, 7) is 8.44. The summed E-state index contributed by atoms with van der Waals surface area (Å²) in [5.41, 5.74) is 1.73. The highest BCUT2D eigenvalue weighted by Gasteiger charge is 2.72. The van der Waals surface area contributed by atoms with Crippen molar-refractivity contribution in [3.8, 4) is 0 Å². The smallest absolute Gasteiger partial charge is 0.246 e. The fourth-order valence-electron chi connectivity index (χ4n) is 8.36. The molecule has 1 saturated carbocycles. The molecule has 5 aliphatic rings. The molecule has 4 heterocycles. The molecular weight excluding hydrogens is 516 g/mol. The molecule has 0 unspecified atom stereocenters. The van der Waals surface area contributed by atoms with Gasteiger partial charge < -0.3 is 20.3 Å². The molecule has 3 amide bonds. The van der Waals surface area contributed by atoms with Gasteiger partial charge in [0.15, 0.2) is 0 Å². The van der Waals surface area contributed by atoms with Gasteiger partial charge in [0.2, 0.25) is 17.7 Å². The van der Waals surface area contributed by atoms with Crippen molar-refractivity contribution in [1.82, 2.24) is 15.1 Å². The van der Waals surface area contributed by atoms with Crippen LogP contribution in [0.1, 0.15) is 75.8 Å². The van der Waals surface area contributed by atoms with Gasteiger partial charge in [-0.25, -0.2) is 0 Å². The number of nitrogens with zero attached hydrogens (tertiary/aromatic N) is 2. The third kappa shape index (κ3) is 5.22. The van der Waals surface area contributed by atoms with Crippen LogP contribution >= 0.6 is 0 Å². The summed E-state index contributed by atoms with van der Waals surface area (Å²) in [5.74, 6) is -1.89. The lowest BCUT2D eigenvalue weighted by Gasteiger charge is -2.38. The number of piperidine rings is 1. The molecule has 2 bridgehead atoms. The number of carbonyl (C=O) groups is 3. The van der Waals surface area contributed by atoms with Crippen molar-refractivity contribution in [2.45, 2.75) is 108 Å². The third-order valence-electron chi connectivity index (χ3n) is 10.2. The molecule has 6 rings (SSSR count). The SMILES string of the molecule is CC[C@@H]1CCCCN1CCN1C(=O)[C@@H]2[C@H](C(=O)Nc3cc(C)cc(C)c3)[C@@H]3C=C[C@@]2(O3)[C@@H]1C(=O)NC1CCCCC1. The summed E-state index contributed by atoms with van der Waals surface area (Å²) in [6, 6.07) is 5.81. The molecule has 1 aromatic carbocycles. The Balaban J connectivity index is 1.27. The van der Waals surface area contributed by atoms with E-state index in [1.54, 1.807) is 4.90 Å². The lowest BCUT2D eigenvalue weighted by molar-refractivity contribution is -0.141. The highest BCUT2D eigenvalue weighted by atomic mass is 16.5. The Labute approximate surface area is 244 Å². The molecule has 0 aromatic heterocycles. The van der Waals surface area contributed by atoms with Crippen LogP contribution in [0.5, 0.6) is 0 Å². The number of carbonyl (C=O) groups excluding carboxylic acids is 3. The van der Waals surface area contributed by atoms with Crippen LogP contribution in [0.15, 0.2) is 30.4 Å². The lowest BCUT2D eigenvalue weighted by Crippen LogP contribution is -2.57. The van der Waals surface area contributed by atoms with E-state index in [0.29, 0.717) is 12.6 Å². The Morgan fingerprint density at radius 3 is 2.44 bits per heavy atom. The zero-order valence-electron chi connectivity index (χ0n) is 24.9. The standard InChI is InChI=1S/C33H46N4O4/c1-4-25-12-8-9-15-36(25)16-17-37-29(31(39)34-23-10-6-5-7-11-23)33-14-13-26(41-33)27(28(33)32(37)40)30(38)35-24-19-21(2)18-22(3)20-24/h13-14,18-20,23,25-29H,4-12,15-17H2,1-3H3,(H,34,39)(H,35,38)/t25-,26+,27-,28+,29+,33+/m1/s1. The van der Waals surface area contributed by atoms with E-state index in [0.717, 1.165) is 68.4 Å². The summed E-state index contributed by atoms with van der Waals surface area (Å²) in [4.78, 5) is 46.4. The minimum atomic E-state index is -1.11. The summed E-state index contributed by atoms with van der Waals surface area (Å²) in [7, 11) is 0. The maximum atomic E-state index is 14.3. The first-order chi connectivity index (χ1) is 19.8. The van der Waals surface area contributed by atoms with Crippen molar-refractivity contribution < 1.29 is 19.1 Å². The zero-order valence-corrected chi connectivity index (χ0v) is 24.9. The van der Waals surface area contributed by atoms with E-state index in [1.165, 1.54) is 19.3 Å². The van der Waals surface area contributed by atoms with Gasteiger partial charge in [-0.3, -0.25) is 19.3 Å². The van der Waals surface area contributed by atoms with Gasteiger partial charge in [-0.15, -0.1) is 0 Å². The predicted molar refractivity (Wildman–Crippen MR) is 158 cm³/mol. The van der Waals surface area contributed by atoms with Crippen molar-refractivity contribution in [1.29, 1.82) is 0 Å². The van der Waals surface area contributed by atoms with E-state index >= 15 is 0 Å². The van der Waals surface area contributed by atoms with Gasteiger partial charge in [0.25, 0.3) is 0 Å². The quantitative estimate of drug-likeness (QED) is 0.466. The van der Waals surface area contributed by atoms with Crippen molar-refractivity contribution in [2.24, 2.45) is 11.8 Å². The Bertz CT molecular complexity index is 1190. The molecule has 4 aliphatic heterocycles. The van der Waals surface area contributed by atoms with Crippen LogP contribution in [-0.2, 0) is 19.1 Å². The van der Waals surface area contributed by atoms with Crippen molar-refractivity contribution >= 4 is 23.4 Å². The Kier molecular flexibility index (Phi) is 7.98. The average molecular weight is 563 g/mol. The average Bonchev–Trinajstić information content (AvgIpc) is 3.59. The van der Waals surface area contributed by atoms with Gasteiger partial charge in [-0.2, -0.15) is 0 Å². The molecule has 2 N–H and O–H groups in total. The number of anilines is 1. The van der Waals surface area contributed by atoms with E-state index in [1.807, 2.05) is 38.1 Å². The predicted octanol–water partition coefficient (Wildman–Crippen LogP) is 4.11. The number of aryl methyl sites for hydroxylation is 2. The van der Waals surface area contributed by atoms with Crippen LogP contribution in [0, 0.1) is 25.7 Å². The minimum absolute atomic E-state index is 0.126. The van der Waals surface area contributed by atoms with Gasteiger partial charge in [-0.05, 0) is 75.8 Å². The number of likely N-dealkylation sites (tertiary alicyclic amines) is 2. The normalized spacial score (nSPS) is 33.3. The molecule has 1 aliphatic carbocycles. The maximum absolute atomic E-state index is 14.3. The fraction of sp³-hybridized carbons (Fsp3) is 0.667. The van der Waals surface area contributed by atoms with Gasteiger partial charge in [-0.1, -0.05) is 50.8 Å². The first-order valence-electron chi connectivity index (χ1n) is 15.9. The third-order valence-corrected chi connectivity index (χ3v) is 10.2. The molecule has 1 aromatic rings. The second kappa shape index (κ2) is 11.5. The summed E-state index contributed by atoms with van der Waals surface area (Å²) in [5, 5.41) is 6.36. The lowest BCUT2D eigenvalue weighted by atomic mass is 9.74. The second-order valence-electron chi connectivity index (χ2n) is 13.0. The van der Waals surface area contributed by atoms with Crippen molar-refractivity contribution in [3.63, 3.8) is 0 Å². The van der Waals surface area contributed by atoms with Crippen molar-refractivity contribution in [3.05, 3.63) is 41.5 Å². The minimum Gasteiger partial charge on any atom is -0.359 e.